The van der Waals surface area contributed by atoms with Crippen molar-refractivity contribution in [3.8, 4) is 0 Å². The van der Waals surface area contributed by atoms with E-state index in [1.807, 2.05) is 0 Å². The lowest BCUT2D eigenvalue weighted by Gasteiger charge is -2.28. The van der Waals surface area contributed by atoms with Gasteiger partial charge in [-0.25, -0.2) is 4.79 Å². The van der Waals surface area contributed by atoms with Gasteiger partial charge in [-0.3, -0.25) is 5.32 Å². The number of alkyl halides is 7. The molecular weight excluding hydrogens is 297 g/mol. The third-order valence-corrected chi connectivity index (χ3v) is 2.05. The average Bonchev–Trinajstić information content (AvgIpc) is 2.27. The van der Waals surface area contributed by atoms with Crippen molar-refractivity contribution < 1.29 is 35.5 Å². The Labute approximate surface area is 107 Å². The molecule has 0 aliphatic carbocycles. The van der Waals surface area contributed by atoms with E-state index in [0.29, 0.717) is 5.32 Å². The molecule has 0 aliphatic heterocycles. The number of halogens is 7. The van der Waals surface area contributed by atoms with Crippen LogP contribution in [0.2, 0.25) is 0 Å². The highest BCUT2D eigenvalue weighted by molar-refractivity contribution is 5.89. The van der Waals surface area contributed by atoms with E-state index in [0.717, 1.165) is 0 Å². The minimum Gasteiger partial charge on any atom is -0.308 e. The third kappa shape index (κ3) is 3.31. The summed E-state index contributed by atoms with van der Waals surface area (Å²) in [5.41, 5.74) is -0.0591. The Morgan fingerprint density at radius 2 is 1.40 bits per heavy atom. The fourth-order valence-corrected chi connectivity index (χ4v) is 1.08. The van der Waals surface area contributed by atoms with Crippen LogP contribution in [0.5, 0.6) is 0 Å². The van der Waals surface area contributed by atoms with E-state index < -0.39 is 24.2 Å². The van der Waals surface area contributed by atoms with Crippen LogP contribution in [0.3, 0.4) is 0 Å². The van der Waals surface area contributed by atoms with Crippen molar-refractivity contribution in [1.29, 1.82) is 0 Å². The number of hydrogen-bond acceptors (Lipinski definition) is 1. The second-order valence-corrected chi connectivity index (χ2v) is 3.59. The largest absolute Gasteiger partial charge is 0.462 e. The normalized spacial score (nSPS) is 12.9. The number of para-hydroxylation sites is 1. The SMILES string of the molecule is O=C(Nc1ccccc1)NC(F)(F)C(F)(F)C(F)(F)F. The summed E-state index contributed by atoms with van der Waals surface area (Å²) in [7, 11) is 0. The molecule has 0 atom stereocenters. The zero-order chi connectivity index (χ0) is 15.6. The summed E-state index contributed by atoms with van der Waals surface area (Å²) in [5, 5.41) is 1.99. The molecule has 0 aromatic heterocycles. The molecule has 0 saturated heterocycles. The average molecular weight is 304 g/mol. The van der Waals surface area contributed by atoms with Gasteiger partial charge in [0.25, 0.3) is 0 Å². The van der Waals surface area contributed by atoms with Crippen molar-refractivity contribution >= 4 is 11.7 Å². The molecule has 0 unspecified atom stereocenters. The van der Waals surface area contributed by atoms with Gasteiger partial charge in [0.2, 0.25) is 0 Å². The van der Waals surface area contributed by atoms with Crippen molar-refractivity contribution in [1.82, 2.24) is 5.32 Å². The van der Waals surface area contributed by atoms with E-state index in [4.69, 9.17) is 0 Å². The molecule has 112 valence electrons. The van der Waals surface area contributed by atoms with E-state index in [9.17, 15) is 35.5 Å². The molecule has 0 radical (unpaired) electrons. The first-order chi connectivity index (χ1) is 8.97. The monoisotopic (exact) mass is 304 g/mol. The number of hydrogen-bond donors (Lipinski definition) is 2. The third-order valence-electron chi connectivity index (χ3n) is 2.05. The maximum atomic E-state index is 12.8. The molecule has 1 rings (SSSR count). The number of amides is 2. The van der Waals surface area contributed by atoms with Crippen LogP contribution in [0.4, 0.5) is 41.2 Å². The quantitative estimate of drug-likeness (QED) is 0.650. The molecule has 2 amide bonds. The summed E-state index contributed by atoms with van der Waals surface area (Å²) in [6, 6.07) is -0.959. The van der Waals surface area contributed by atoms with Crippen LogP contribution in [0, 0.1) is 0 Å². The lowest BCUT2D eigenvalue weighted by molar-refractivity contribution is -0.358. The molecule has 3 nitrogen and oxygen atoms in total. The highest BCUT2D eigenvalue weighted by Crippen LogP contribution is 2.44. The number of carbonyl (C=O) groups excluding carboxylic acids is 1. The Hall–Kier alpha value is -2.00. The highest BCUT2D eigenvalue weighted by Gasteiger charge is 2.74. The number of rotatable bonds is 3. The number of carbonyl (C=O) groups is 1. The van der Waals surface area contributed by atoms with Gasteiger partial charge in [-0.1, -0.05) is 18.2 Å². The Bertz CT molecular complexity index is 472. The smallest absolute Gasteiger partial charge is 0.308 e. The number of anilines is 1. The van der Waals surface area contributed by atoms with E-state index in [1.165, 1.54) is 30.3 Å². The molecule has 1 aromatic carbocycles. The van der Waals surface area contributed by atoms with Gasteiger partial charge in [0.05, 0.1) is 0 Å². The molecule has 0 spiro atoms. The van der Waals surface area contributed by atoms with Crippen molar-refractivity contribution in [3.05, 3.63) is 30.3 Å². The van der Waals surface area contributed by atoms with Crippen molar-refractivity contribution in [3.63, 3.8) is 0 Å². The second-order valence-electron chi connectivity index (χ2n) is 3.59. The van der Waals surface area contributed by atoms with Gasteiger partial charge in [-0.15, -0.1) is 0 Å². The van der Waals surface area contributed by atoms with Crippen molar-refractivity contribution in [2.75, 3.05) is 5.32 Å². The van der Waals surface area contributed by atoms with Crippen LogP contribution >= 0.6 is 0 Å². The second kappa shape index (κ2) is 5.17. The standard InChI is InChI=1S/C10H7F7N2O/c11-8(12,9(13,14)15)10(16,17)19-7(20)18-6-4-2-1-3-5-6/h1-5H,(H2,18,19,20). The van der Waals surface area contributed by atoms with Gasteiger partial charge >= 0.3 is 24.2 Å². The first kappa shape index (κ1) is 16.1. The summed E-state index contributed by atoms with van der Waals surface area (Å²) in [6.07, 6.45) is -6.50. The minimum atomic E-state index is -6.50. The Balaban J connectivity index is 2.79. The molecule has 0 aliphatic rings. The fourth-order valence-electron chi connectivity index (χ4n) is 1.08. The molecule has 0 saturated carbocycles. The van der Waals surface area contributed by atoms with Gasteiger partial charge in [-0.05, 0) is 12.1 Å². The maximum absolute atomic E-state index is 12.8. The van der Waals surface area contributed by atoms with E-state index >= 15 is 0 Å². The summed E-state index contributed by atoms with van der Waals surface area (Å²) in [4.78, 5) is 11.0. The number of nitrogens with one attached hydrogen (secondary N) is 2. The molecule has 0 heterocycles. The van der Waals surface area contributed by atoms with E-state index in [-0.39, 0.29) is 5.69 Å². The number of urea groups is 1. The molecule has 10 heteroatoms. The van der Waals surface area contributed by atoms with Crippen LogP contribution < -0.4 is 10.6 Å². The van der Waals surface area contributed by atoms with Crippen molar-refractivity contribution in [2.24, 2.45) is 0 Å². The van der Waals surface area contributed by atoms with Crippen LogP contribution in [0.25, 0.3) is 0 Å². The topological polar surface area (TPSA) is 41.1 Å². The Kier molecular flexibility index (Phi) is 4.15. The van der Waals surface area contributed by atoms with Crippen LogP contribution in [0.1, 0.15) is 0 Å². The lowest BCUT2D eigenvalue weighted by atomic mass is 10.2. The molecule has 20 heavy (non-hydrogen) atoms. The van der Waals surface area contributed by atoms with Crippen LogP contribution in [-0.2, 0) is 0 Å². The first-order valence-electron chi connectivity index (χ1n) is 4.94. The number of benzene rings is 1. The lowest BCUT2D eigenvalue weighted by Crippen LogP contribution is -2.61. The fraction of sp³-hybridized carbons (Fsp3) is 0.300. The van der Waals surface area contributed by atoms with Gasteiger partial charge in [0.1, 0.15) is 0 Å². The summed E-state index contributed by atoms with van der Waals surface area (Å²) in [6.45, 7) is 0. The van der Waals surface area contributed by atoms with Gasteiger partial charge in [0, 0.05) is 5.69 Å². The minimum absolute atomic E-state index is 0.0591. The van der Waals surface area contributed by atoms with E-state index in [2.05, 4.69) is 0 Å². The molecule has 0 bridgehead atoms. The molecular formula is C10H7F7N2O. The predicted octanol–water partition coefficient (Wildman–Crippen LogP) is 3.60. The molecule has 1 aromatic rings. The summed E-state index contributed by atoms with van der Waals surface area (Å²) >= 11 is 0. The van der Waals surface area contributed by atoms with Crippen molar-refractivity contribution in [2.45, 2.75) is 18.1 Å². The van der Waals surface area contributed by atoms with Gasteiger partial charge in [-0.2, -0.15) is 30.7 Å². The highest BCUT2D eigenvalue weighted by atomic mass is 19.4. The first-order valence-corrected chi connectivity index (χ1v) is 4.94. The zero-order valence-corrected chi connectivity index (χ0v) is 9.44. The Morgan fingerprint density at radius 1 is 0.900 bits per heavy atom. The van der Waals surface area contributed by atoms with Crippen LogP contribution in [-0.4, -0.2) is 24.2 Å². The maximum Gasteiger partial charge on any atom is 0.462 e. The zero-order valence-electron chi connectivity index (χ0n) is 9.44. The van der Waals surface area contributed by atoms with Crippen LogP contribution in [0.15, 0.2) is 30.3 Å². The molecule has 2 N–H and O–H groups in total. The summed E-state index contributed by atoms with van der Waals surface area (Å²) < 4.78 is 86.0. The molecule has 0 fully saturated rings. The van der Waals surface area contributed by atoms with E-state index in [1.54, 1.807) is 5.32 Å². The van der Waals surface area contributed by atoms with Gasteiger partial charge in [0.15, 0.2) is 0 Å². The summed E-state index contributed by atoms with van der Waals surface area (Å²) in [5.74, 6) is -6.39. The predicted molar refractivity (Wildman–Crippen MR) is 54.5 cm³/mol. The Morgan fingerprint density at radius 3 is 1.85 bits per heavy atom. The van der Waals surface area contributed by atoms with Gasteiger partial charge < -0.3 is 5.32 Å².